The Hall–Kier alpha value is -2.17. The Morgan fingerprint density at radius 1 is 0.923 bits per heavy atom. The van der Waals surface area contributed by atoms with Crippen LogP contribution in [0.15, 0.2) is 24.3 Å². The molecule has 0 radical (unpaired) electrons. The Morgan fingerprint density at radius 2 is 1.62 bits per heavy atom. The molecule has 3 fully saturated rings. The van der Waals surface area contributed by atoms with Crippen LogP contribution in [0.2, 0.25) is 0 Å². The standard InChI is InChI=1S/C21H26N2O3/c24-19-12-16(13-23(19)18-4-2-1-3-5-18)21(26)22-17-10-8-15(9-11-17)20(25)14-6-7-14/h8-11,14,16,18H,1-7,12-13H2,(H,22,26). The summed E-state index contributed by atoms with van der Waals surface area (Å²) >= 11 is 0. The van der Waals surface area contributed by atoms with Crippen molar-refractivity contribution in [2.24, 2.45) is 11.8 Å². The third kappa shape index (κ3) is 3.67. The molecule has 1 atom stereocenters. The second-order valence-electron chi connectivity index (χ2n) is 7.94. The van der Waals surface area contributed by atoms with Gasteiger partial charge in [-0.25, -0.2) is 0 Å². The highest BCUT2D eigenvalue weighted by molar-refractivity contribution is 6.00. The summed E-state index contributed by atoms with van der Waals surface area (Å²) in [5, 5.41) is 2.91. The molecule has 0 spiro atoms. The highest BCUT2D eigenvalue weighted by Crippen LogP contribution is 2.33. The minimum absolute atomic E-state index is 0.0991. The average Bonchev–Trinajstić information content (AvgIpc) is 3.44. The molecule has 26 heavy (non-hydrogen) atoms. The molecule has 1 aromatic rings. The normalized spacial score (nSPS) is 23.9. The summed E-state index contributed by atoms with van der Waals surface area (Å²) in [4.78, 5) is 38.9. The molecule has 2 amide bonds. The van der Waals surface area contributed by atoms with E-state index in [1.54, 1.807) is 24.3 Å². The fourth-order valence-electron chi connectivity index (χ4n) is 4.20. The maximum atomic E-state index is 12.6. The molecule has 0 bridgehead atoms. The average molecular weight is 354 g/mol. The predicted octanol–water partition coefficient (Wildman–Crippen LogP) is 3.40. The van der Waals surface area contributed by atoms with E-state index < -0.39 is 0 Å². The molecule has 1 saturated heterocycles. The zero-order valence-electron chi connectivity index (χ0n) is 15.1. The van der Waals surface area contributed by atoms with E-state index >= 15 is 0 Å². The Balaban J connectivity index is 1.34. The van der Waals surface area contributed by atoms with Crippen molar-refractivity contribution in [2.45, 2.75) is 57.4 Å². The van der Waals surface area contributed by atoms with Gasteiger partial charge in [-0.05, 0) is 49.9 Å². The highest BCUT2D eigenvalue weighted by Gasteiger charge is 2.38. The van der Waals surface area contributed by atoms with E-state index in [9.17, 15) is 14.4 Å². The van der Waals surface area contributed by atoms with Crippen molar-refractivity contribution >= 4 is 23.3 Å². The Morgan fingerprint density at radius 3 is 2.27 bits per heavy atom. The summed E-state index contributed by atoms with van der Waals surface area (Å²) < 4.78 is 0. The fraction of sp³-hybridized carbons (Fsp3) is 0.571. The number of nitrogens with zero attached hydrogens (tertiary/aromatic N) is 1. The molecular weight excluding hydrogens is 328 g/mol. The molecule has 1 heterocycles. The Kier molecular flexibility index (Phi) is 4.79. The smallest absolute Gasteiger partial charge is 0.229 e. The van der Waals surface area contributed by atoms with Crippen LogP contribution >= 0.6 is 0 Å². The molecule has 1 aliphatic heterocycles. The summed E-state index contributed by atoms with van der Waals surface area (Å²) in [6, 6.07) is 7.45. The van der Waals surface area contributed by atoms with Crippen molar-refractivity contribution in [1.82, 2.24) is 4.90 Å². The van der Waals surface area contributed by atoms with Crippen LogP contribution in [0, 0.1) is 11.8 Å². The van der Waals surface area contributed by atoms with Gasteiger partial charge in [0.25, 0.3) is 0 Å². The zero-order valence-corrected chi connectivity index (χ0v) is 15.1. The Bertz CT molecular complexity index is 702. The largest absolute Gasteiger partial charge is 0.339 e. The maximum absolute atomic E-state index is 12.6. The maximum Gasteiger partial charge on any atom is 0.229 e. The number of amides is 2. The summed E-state index contributed by atoms with van der Waals surface area (Å²) in [6.45, 7) is 0.535. The zero-order chi connectivity index (χ0) is 18.1. The highest BCUT2D eigenvalue weighted by atomic mass is 16.2. The quantitative estimate of drug-likeness (QED) is 0.824. The van der Waals surface area contributed by atoms with Crippen molar-refractivity contribution < 1.29 is 14.4 Å². The van der Waals surface area contributed by atoms with E-state index in [-0.39, 0.29) is 29.4 Å². The lowest BCUT2D eigenvalue weighted by atomic mass is 9.94. The van der Waals surface area contributed by atoms with Gasteiger partial charge in [-0.3, -0.25) is 14.4 Å². The van der Waals surface area contributed by atoms with Gasteiger partial charge in [0.05, 0.1) is 5.92 Å². The van der Waals surface area contributed by atoms with Crippen molar-refractivity contribution in [1.29, 1.82) is 0 Å². The first kappa shape index (κ1) is 17.3. The second-order valence-corrected chi connectivity index (χ2v) is 7.94. The van der Waals surface area contributed by atoms with Crippen molar-refractivity contribution in [2.75, 3.05) is 11.9 Å². The minimum atomic E-state index is -0.280. The van der Waals surface area contributed by atoms with Crippen LogP contribution in [0.5, 0.6) is 0 Å². The second kappa shape index (κ2) is 7.22. The van der Waals surface area contributed by atoms with Gasteiger partial charge < -0.3 is 10.2 Å². The van der Waals surface area contributed by atoms with Gasteiger partial charge in [0.1, 0.15) is 0 Å². The third-order valence-corrected chi connectivity index (χ3v) is 5.93. The lowest BCUT2D eigenvalue weighted by molar-refractivity contribution is -0.130. The number of rotatable bonds is 5. The van der Waals surface area contributed by atoms with Crippen LogP contribution in [-0.4, -0.2) is 35.1 Å². The summed E-state index contributed by atoms with van der Waals surface area (Å²) in [5.74, 6) is 0.135. The van der Waals surface area contributed by atoms with Gasteiger partial charge >= 0.3 is 0 Å². The van der Waals surface area contributed by atoms with Gasteiger partial charge in [-0.1, -0.05) is 19.3 Å². The van der Waals surface area contributed by atoms with E-state index in [1.807, 2.05) is 4.90 Å². The summed E-state index contributed by atoms with van der Waals surface area (Å²) in [5.41, 5.74) is 1.40. The molecule has 5 heteroatoms. The van der Waals surface area contributed by atoms with Crippen LogP contribution in [0.1, 0.15) is 61.7 Å². The van der Waals surface area contributed by atoms with Gasteiger partial charge in [0.15, 0.2) is 5.78 Å². The van der Waals surface area contributed by atoms with Gasteiger partial charge in [-0.15, -0.1) is 0 Å². The van der Waals surface area contributed by atoms with Crippen LogP contribution in [0.4, 0.5) is 5.69 Å². The number of carbonyl (C=O) groups excluding carboxylic acids is 3. The van der Waals surface area contributed by atoms with Gasteiger partial charge in [0, 0.05) is 36.2 Å². The number of likely N-dealkylation sites (tertiary alicyclic amines) is 1. The topological polar surface area (TPSA) is 66.5 Å². The number of benzene rings is 1. The number of hydrogen-bond donors (Lipinski definition) is 1. The number of carbonyl (C=O) groups is 3. The molecule has 2 aliphatic carbocycles. The summed E-state index contributed by atoms with van der Waals surface area (Å²) in [7, 11) is 0. The molecule has 0 aromatic heterocycles. The minimum Gasteiger partial charge on any atom is -0.339 e. The Labute approximate surface area is 154 Å². The predicted molar refractivity (Wildman–Crippen MR) is 98.8 cm³/mol. The van der Waals surface area contributed by atoms with E-state index in [4.69, 9.17) is 0 Å². The third-order valence-electron chi connectivity index (χ3n) is 5.93. The lowest BCUT2D eigenvalue weighted by Crippen LogP contribution is -2.38. The molecule has 1 aromatic carbocycles. The molecule has 1 N–H and O–H groups in total. The van der Waals surface area contributed by atoms with Gasteiger partial charge in [-0.2, -0.15) is 0 Å². The van der Waals surface area contributed by atoms with E-state index in [0.29, 0.717) is 30.3 Å². The van der Waals surface area contributed by atoms with Crippen LogP contribution < -0.4 is 5.32 Å². The fourth-order valence-corrected chi connectivity index (χ4v) is 4.20. The van der Waals surface area contributed by atoms with Crippen molar-refractivity contribution in [3.63, 3.8) is 0 Å². The number of Topliss-reactive ketones (excluding diaryl/α,β-unsaturated/α-hetero) is 1. The van der Waals surface area contributed by atoms with Crippen molar-refractivity contribution in [3.05, 3.63) is 29.8 Å². The molecule has 1 unspecified atom stereocenters. The first-order valence-electron chi connectivity index (χ1n) is 9.86. The first-order chi connectivity index (χ1) is 12.6. The monoisotopic (exact) mass is 354 g/mol. The molecule has 4 rings (SSSR count). The van der Waals surface area contributed by atoms with Crippen LogP contribution in [0.3, 0.4) is 0 Å². The molecular formula is C21H26N2O3. The number of anilines is 1. The summed E-state index contributed by atoms with van der Waals surface area (Å²) in [6.07, 6.45) is 8.03. The molecule has 2 saturated carbocycles. The number of ketones is 1. The first-order valence-corrected chi connectivity index (χ1v) is 9.86. The van der Waals surface area contributed by atoms with Crippen LogP contribution in [-0.2, 0) is 9.59 Å². The van der Waals surface area contributed by atoms with Crippen LogP contribution in [0.25, 0.3) is 0 Å². The molecule has 5 nitrogen and oxygen atoms in total. The van der Waals surface area contributed by atoms with E-state index in [1.165, 1.54) is 19.3 Å². The lowest BCUT2D eigenvalue weighted by Gasteiger charge is -2.31. The molecule has 3 aliphatic rings. The SMILES string of the molecule is O=C(Nc1ccc(C(=O)C2CC2)cc1)C1CC(=O)N(C2CCCCC2)C1. The number of nitrogens with one attached hydrogen (secondary N) is 1. The van der Waals surface area contributed by atoms with Gasteiger partial charge in [0.2, 0.25) is 11.8 Å². The van der Waals surface area contributed by atoms with E-state index in [0.717, 1.165) is 25.7 Å². The molecule has 138 valence electrons. The van der Waals surface area contributed by atoms with E-state index in [2.05, 4.69) is 5.32 Å². The van der Waals surface area contributed by atoms with Crippen molar-refractivity contribution in [3.8, 4) is 0 Å². The number of hydrogen-bond acceptors (Lipinski definition) is 3.